The fourth-order valence-electron chi connectivity index (χ4n) is 2.90. The maximum absolute atomic E-state index is 12.1. The van der Waals surface area contributed by atoms with Crippen molar-refractivity contribution in [3.05, 3.63) is 22.4 Å². The monoisotopic (exact) mass is 295 g/mol. The van der Waals surface area contributed by atoms with Crippen LogP contribution in [-0.2, 0) is 16.1 Å². The van der Waals surface area contributed by atoms with Crippen LogP contribution in [0.3, 0.4) is 0 Å². The Labute approximate surface area is 125 Å². The minimum absolute atomic E-state index is 0.0883. The van der Waals surface area contributed by atoms with Gasteiger partial charge in [0.2, 0.25) is 0 Å². The van der Waals surface area contributed by atoms with Gasteiger partial charge in [-0.1, -0.05) is 38.2 Å². The van der Waals surface area contributed by atoms with Crippen molar-refractivity contribution in [2.75, 3.05) is 6.61 Å². The first kappa shape index (κ1) is 15.5. The average molecular weight is 295 g/mol. The highest BCUT2D eigenvalue weighted by molar-refractivity contribution is 7.09. The van der Waals surface area contributed by atoms with Crippen LogP contribution in [0.1, 0.15) is 50.3 Å². The lowest BCUT2D eigenvalue weighted by atomic mass is 9.85. The van der Waals surface area contributed by atoms with E-state index in [1.54, 1.807) is 11.3 Å². The minimum Gasteiger partial charge on any atom is -0.465 e. The first-order valence-electron chi connectivity index (χ1n) is 7.72. The third-order valence-electron chi connectivity index (χ3n) is 3.97. The molecule has 1 N–H and O–H groups in total. The average Bonchev–Trinajstić information content (AvgIpc) is 2.98. The van der Waals surface area contributed by atoms with Gasteiger partial charge >= 0.3 is 5.97 Å². The normalized spacial score (nSPS) is 17.9. The van der Waals surface area contributed by atoms with Crippen molar-refractivity contribution >= 4 is 17.3 Å². The number of rotatable bonds is 7. The molecule has 1 saturated carbocycles. The van der Waals surface area contributed by atoms with Crippen LogP contribution in [0.25, 0.3) is 0 Å². The lowest BCUT2D eigenvalue weighted by Crippen LogP contribution is -2.39. The topological polar surface area (TPSA) is 38.3 Å². The van der Waals surface area contributed by atoms with Crippen LogP contribution in [0.2, 0.25) is 0 Å². The number of hydrogen-bond donors (Lipinski definition) is 1. The Morgan fingerprint density at radius 2 is 2.25 bits per heavy atom. The van der Waals surface area contributed by atoms with Crippen molar-refractivity contribution in [1.82, 2.24) is 5.32 Å². The molecule has 1 fully saturated rings. The summed E-state index contributed by atoms with van der Waals surface area (Å²) in [4.78, 5) is 13.4. The Morgan fingerprint density at radius 3 is 2.90 bits per heavy atom. The Hall–Kier alpha value is -0.870. The van der Waals surface area contributed by atoms with Crippen LogP contribution in [0.4, 0.5) is 0 Å². The molecule has 1 atom stereocenters. The molecule has 1 aliphatic carbocycles. The molecule has 2 rings (SSSR count). The highest BCUT2D eigenvalue weighted by Gasteiger charge is 2.25. The molecule has 0 saturated heterocycles. The second kappa shape index (κ2) is 8.42. The van der Waals surface area contributed by atoms with Crippen molar-refractivity contribution in [3.8, 4) is 0 Å². The van der Waals surface area contributed by atoms with Crippen molar-refractivity contribution in [1.29, 1.82) is 0 Å². The van der Waals surface area contributed by atoms with Crippen molar-refractivity contribution in [3.63, 3.8) is 0 Å². The minimum atomic E-state index is -0.153. The molecule has 0 amide bonds. The molecule has 1 aromatic rings. The summed E-state index contributed by atoms with van der Waals surface area (Å²) in [5, 5.41) is 5.46. The summed E-state index contributed by atoms with van der Waals surface area (Å²) >= 11 is 1.72. The summed E-state index contributed by atoms with van der Waals surface area (Å²) in [7, 11) is 0. The van der Waals surface area contributed by atoms with E-state index in [0.29, 0.717) is 12.5 Å². The molecule has 0 aliphatic heterocycles. The third-order valence-corrected chi connectivity index (χ3v) is 4.84. The van der Waals surface area contributed by atoms with Crippen molar-refractivity contribution < 1.29 is 9.53 Å². The van der Waals surface area contributed by atoms with Gasteiger partial charge in [-0.2, -0.15) is 0 Å². The zero-order chi connectivity index (χ0) is 14.2. The Balaban J connectivity index is 1.87. The third kappa shape index (κ3) is 4.91. The number of hydrogen-bond acceptors (Lipinski definition) is 4. The fourth-order valence-corrected chi connectivity index (χ4v) is 3.55. The second-order valence-electron chi connectivity index (χ2n) is 5.50. The predicted molar refractivity (Wildman–Crippen MR) is 82.8 cm³/mol. The molecule has 4 heteroatoms. The summed E-state index contributed by atoms with van der Waals surface area (Å²) in [6.07, 6.45) is 7.41. The van der Waals surface area contributed by atoms with E-state index in [4.69, 9.17) is 4.74 Å². The molecular weight excluding hydrogens is 270 g/mol. The summed E-state index contributed by atoms with van der Waals surface area (Å²) < 4.78 is 5.22. The van der Waals surface area contributed by atoms with Gasteiger partial charge in [-0.05, 0) is 30.7 Å². The molecule has 1 aromatic heterocycles. The van der Waals surface area contributed by atoms with E-state index >= 15 is 0 Å². The summed E-state index contributed by atoms with van der Waals surface area (Å²) in [5.41, 5.74) is 0. The van der Waals surface area contributed by atoms with Crippen LogP contribution in [0, 0.1) is 5.92 Å². The number of esters is 1. The Bertz CT molecular complexity index is 385. The second-order valence-corrected chi connectivity index (χ2v) is 6.54. The molecule has 0 spiro atoms. The van der Waals surface area contributed by atoms with Crippen LogP contribution in [0.5, 0.6) is 0 Å². The Kier molecular flexibility index (Phi) is 6.54. The van der Waals surface area contributed by atoms with Gasteiger partial charge in [-0.15, -0.1) is 11.3 Å². The number of ether oxygens (including phenoxy) is 1. The number of nitrogens with one attached hydrogen (secondary N) is 1. The predicted octanol–water partition coefficient (Wildman–Crippen LogP) is 3.74. The summed E-state index contributed by atoms with van der Waals surface area (Å²) in [6.45, 7) is 3.09. The van der Waals surface area contributed by atoms with E-state index in [1.807, 2.05) is 13.0 Å². The van der Waals surface area contributed by atoms with E-state index in [2.05, 4.69) is 16.8 Å². The molecule has 20 heavy (non-hydrogen) atoms. The van der Waals surface area contributed by atoms with Crippen LogP contribution < -0.4 is 5.32 Å². The van der Waals surface area contributed by atoms with Gasteiger partial charge < -0.3 is 4.74 Å². The highest BCUT2D eigenvalue weighted by atomic mass is 32.1. The zero-order valence-electron chi connectivity index (χ0n) is 12.3. The van der Waals surface area contributed by atoms with Crippen LogP contribution in [-0.4, -0.2) is 18.6 Å². The van der Waals surface area contributed by atoms with Crippen molar-refractivity contribution in [2.45, 2.75) is 58.0 Å². The van der Waals surface area contributed by atoms with Gasteiger partial charge in [0, 0.05) is 11.4 Å². The van der Waals surface area contributed by atoms with E-state index in [0.717, 1.165) is 13.0 Å². The quantitative estimate of drug-likeness (QED) is 0.779. The first-order valence-corrected chi connectivity index (χ1v) is 8.60. The summed E-state index contributed by atoms with van der Waals surface area (Å²) in [6, 6.07) is 3.99. The number of thiophene rings is 1. The zero-order valence-corrected chi connectivity index (χ0v) is 13.1. The first-order chi connectivity index (χ1) is 9.79. The van der Waals surface area contributed by atoms with Gasteiger partial charge in [-0.25, -0.2) is 0 Å². The standard InChI is InChI=1S/C16H25NO2S/c1-2-19-16(18)15(11-13-7-4-3-5-8-13)17-12-14-9-6-10-20-14/h6,9-10,13,15,17H,2-5,7-8,11-12H2,1H3. The summed E-state index contributed by atoms with van der Waals surface area (Å²) in [5.74, 6) is 0.587. The molecule has 0 aromatic carbocycles. The van der Waals surface area contributed by atoms with Crippen molar-refractivity contribution in [2.24, 2.45) is 5.92 Å². The SMILES string of the molecule is CCOC(=O)C(CC1CCCCC1)NCc1cccs1. The molecule has 1 aliphatic rings. The molecule has 0 bridgehead atoms. The Morgan fingerprint density at radius 1 is 1.45 bits per heavy atom. The van der Waals surface area contributed by atoms with Gasteiger partial charge in [0.1, 0.15) is 6.04 Å². The van der Waals surface area contributed by atoms with Gasteiger partial charge in [0.05, 0.1) is 6.61 Å². The maximum Gasteiger partial charge on any atom is 0.323 e. The van der Waals surface area contributed by atoms with Gasteiger partial charge in [-0.3, -0.25) is 10.1 Å². The van der Waals surface area contributed by atoms with E-state index < -0.39 is 0 Å². The molecule has 1 unspecified atom stereocenters. The molecule has 3 nitrogen and oxygen atoms in total. The van der Waals surface area contributed by atoms with Crippen LogP contribution >= 0.6 is 11.3 Å². The molecular formula is C16H25NO2S. The van der Waals surface area contributed by atoms with Crippen LogP contribution in [0.15, 0.2) is 17.5 Å². The van der Waals surface area contributed by atoms with E-state index in [1.165, 1.54) is 37.0 Å². The molecule has 1 heterocycles. The largest absolute Gasteiger partial charge is 0.465 e. The molecule has 0 radical (unpaired) electrons. The van der Waals surface area contributed by atoms with Gasteiger partial charge in [0.25, 0.3) is 0 Å². The lowest BCUT2D eigenvalue weighted by Gasteiger charge is -2.26. The maximum atomic E-state index is 12.1. The smallest absolute Gasteiger partial charge is 0.323 e. The van der Waals surface area contributed by atoms with E-state index in [9.17, 15) is 4.79 Å². The fraction of sp³-hybridized carbons (Fsp3) is 0.688. The number of carbonyl (C=O) groups excluding carboxylic acids is 1. The van der Waals surface area contributed by atoms with E-state index in [-0.39, 0.29) is 12.0 Å². The van der Waals surface area contributed by atoms with Gasteiger partial charge in [0.15, 0.2) is 0 Å². The highest BCUT2D eigenvalue weighted by Crippen LogP contribution is 2.27. The molecule has 112 valence electrons. The number of carbonyl (C=O) groups is 1. The lowest BCUT2D eigenvalue weighted by molar-refractivity contribution is -0.146.